The van der Waals surface area contributed by atoms with Crippen LogP contribution in [0, 0.1) is 6.92 Å². The Morgan fingerprint density at radius 1 is 1.26 bits per heavy atom. The fourth-order valence-corrected chi connectivity index (χ4v) is 2.13. The van der Waals surface area contributed by atoms with Crippen LogP contribution in [-0.2, 0) is 0 Å². The zero-order chi connectivity index (χ0) is 13.8. The first-order chi connectivity index (χ1) is 9.13. The molecule has 4 heteroatoms. The highest BCUT2D eigenvalue weighted by molar-refractivity contribution is 7.80. The predicted molar refractivity (Wildman–Crippen MR) is 84.0 cm³/mol. The van der Waals surface area contributed by atoms with Gasteiger partial charge in [-0.25, -0.2) is 4.98 Å². The second-order valence-electron chi connectivity index (χ2n) is 4.30. The van der Waals surface area contributed by atoms with Crippen molar-refractivity contribution in [1.82, 2.24) is 4.98 Å². The molecule has 1 aromatic heterocycles. The van der Waals surface area contributed by atoms with E-state index >= 15 is 0 Å². The van der Waals surface area contributed by atoms with Crippen LogP contribution in [-0.4, -0.2) is 16.5 Å². The molecule has 0 bridgehead atoms. The van der Waals surface area contributed by atoms with Gasteiger partial charge in [0.05, 0.1) is 0 Å². The van der Waals surface area contributed by atoms with Gasteiger partial charge in [0.2, 0.25) is 0 Å². The Balaban J connectivity index is 2.37. The van der Waals surface area contributed by atoms with E-state index in [0.29, 0.717) is 4.99 Å². The highest BCUT2D eigenvalue weighted by Gasteiger charge is 2.10. The molecule has 1 aromatic carbocycles. The van der Waals surface area contributed by atoms with Crippen LogP contribution in [0.3, 0.4) is 0 Å². The Morgan fingerprint density at radius 2 is 2.00 bits per heavy atom. The molecular formula is C15H17N3S. The minimum absolute atomic E-state index is 0.373. The third kappa shape index (κ3) is 2.90. The van der Waals surface area contributed by atoms with Gasteiger partial charge in [-0.1, -0.05) is 30.4 Å². The highest BCUT2D eigenvalue weighted by atomic mass is 32.1. The lowest BCUT2D eigenvalue weighted by molar-refractivity contribution is 0.982. The second-order valence-corrected chi connectivity index (χ2v) is 4.74. The van der Waals surface area contributed by atoms with Crippen LogP contribution in [0.4, 0.5) is 11.5 Å². The molecule has 0 fully saturated rings. The third-order valence-electron chi connectivity index (χ3n) is 3.03. The normalized spacial score (nSPS) is 10.2. The molecule has 3 nitrogen and oxygen atoms in total. The zero-order valence-electron chi connectivity index (χ0n) is 11.1. The molecule has 19 heavy (non-hydrogen) atoms. The molecule has 0 spiro atoms. The van der Waals surface area contributed by atoms with E-state index in [1.54, 1.807) is 6.20 Å². The Kier molecular flexibility index (Phi) is 4.12. The van der Waals surface area contributed by atoms with Crippen molar-refractivity contribution in [3.05, 3.63) is 53.7 Å². The quantitative estimate of drug-likeness (QED) is 0.867. The van der Waals surface area contributed by atoms with E-state index in [9.17, 15) is 0 Å². The van der Waals surface area contributed by atoms with Gasteiger partial charge in [-0.2, -0.15) is 0 Å². The Labute approximate surface area is 119 Å². The third-order valence-corrected chi connectivity index (χ3v) is 3.27. The molecule has 0 unspecified atom stereocenters. The molecule has 0 saturated heterocycles. The lowest BCUT2D eigenvalue weighted by Crippen LogP contribution is -2.19. The zero-order valence-corrected chi connectivity index (χ0v) is 11.9. The molecule has 98 valence electrons. The molecule has 0 amide bonds. The van der Waals surface area contributed by atoms with E-state index in [2.05, 4.69) is 35.9 Å². The lowest BCUT2D eigenvalue weighted by Gasteiger charge is -2.24. The van der Waals surface area contributed by atoms with E-state index in [-0.39, 0.29) is 0 Å². The van der Waals surface area contributed by atoms with Crippen LogP contribution in [0.1, 0.15) is 18.1 Å². The van der Waals surface area contributed by atoms with Gasteiger partial charge in [0.1, 0.15) is 10.8 Å². The van der Waals surface area contributed by atoms with Crippen molar-refractivity contribution < 1.29 is 0 Å². The number of thiocarbonyl (C=S) groups is 1. The van der Waals surface area contributed by atoms with Crippen LogP contribution in [0.5, 0.6) is 0 Å². The van der Waals surface area contributed by atoms with E-state index in [4.69, 9.17) is 18.0 Å². The van der Waals surface area contributed by atoms with Gasteiger partial charge in [0, 0.05) is 24.0 Å². The van der Waals surface area contributed by atoms with Crippen LogP contribution >= 0.6 is 12.2 Å². The molecule has 0 saturated carbocycles. The number of nitrogens with zero attached hydrogens (tertiary/aromatic N) is 2. The van der Waals surface area contributed by atoms with Crippen LogP contribution in [0.25, 0.3) is 0 Å². The molecule has 2 aromatic rings. The van der Waals surface area contributed by atoms with Crippen LogP contribution in [0.2, 0.25) is 0 Å². The number of hydrogen-bond donors (Lipinski definition) is 1. The number of rotatable bonds is 4. The van der Waals surface area contributed by atoms with Gasteiger partial charge < -0.3 is 10.6 Å². The van der Waals surface area contributed by atoms with Crippen molar-refractivity contribution in [3.8, 4) is 0 Å². The molecule has 0 aliphatic carbocycles. The van der Waals surface area contributed by atoms with E-state index < -0.39 is 0 Å². The molecule has 0 atom stereocenters. The van der Waals surface area contributed by atoms with Crippen molar-refractivity contribution in [2.45, 2.75) is 13.8 Å². The minimum atomic E-state index is 0.373. The maximum Gasteiger partial charge on any atom is 0.132 e. The molecule has 0 aliphatic heterocycles. The average molecular weight is 271 g/mol. The fraction of sp³-hybridized carbons (Fsp3) is 0.200. The van der Waals surface area contributed by atoms with Crippen molar-refractivity contribution in [1.29, 1.82) is 0 Å². The maximum absolute atomic E-state index is 5.59. The first-order valence-electron chi connectivity index (χ1n) is 6.22. The molecular weight excluding hydrogens is 254 g/mol. The van der Waals surface area contributed by atoms with Crippen molar-refractivity contribution >= 4 is 28.7 Å². The number of pyridine rings is 1. The summed E-state index contributed by atoms with van der Waals surface area (Å²) in [5, 5.41) is 0. The fourth-order valence-electron chi connectivity index (χ4n) is 2.01. The highest BCUT2D eigenvalue weighted by Crippen LogP contribution is 2.26. The monoisotopic (exact) mass is 271 g/mol. The topological polar surface area (TPSA) is 42.1 Å². The van der Waals surface area contributed by atoms with E-state index in [0.717, 1.165) is 17.9 Å². The number of nitrogens with two attached hydrogens (primary N) is 1. The van der Waals surface area contributed by atoms with Crippen molar-refractivity contribution in [2.24, 2.45) is 5.73 Å². The number of aromatic nitrogens is 1. The SMILES string of the molecule is CCN(c1ccc(C(N)=S)cn1)c1ccccc1C. The summed E-state index contributed by atoms with van der Waals surface area (Å²) in [5.41, 5.74) is 8.77. The van der Waals surface area contributed by atoms with Gasteiger partial charge in [-0.15, -0.1) is 0 Å². The summed E-state index contributed by atoms with van der Waals surface area (Å²) in [6.07, 6.45) is 1.72. The minimum Gasteiger partial charge on any atom is -0.389 e. The number of hydrogen-bond acceptors (Lipinski definition) is 3. The summed E-state index contributed by atoms with van der Waals surface area (Å²) in [5.74, 6) is 0.900. The first-order valence-corrected chi connectivity index (χ1v) is 6.63. The Bertz CT molecular complexity index is 578. The molecule has 1 heterocycles. The second kappa shape index (κ2) is 5.80. The molecule has 2 rings (SSSR count). The number of benzene rings is 1. The standard InChI is InChI=1S/C15H17N3S/c1-3-18(13-7-5-4-6-11(13)2)14-9-8-12(10-17-14)15(16)19/h4-10H,3H2,1-2H3,(H2,16,19). The van der Waals surface area contributed by atoms with Gasteiger partial charge >= 0.3 is 0 Å². The largest absolute Gasteiger partial charge is 0.389 e. The number of para-hydroxylation sites is 1. The lowest BCUT2D eigenvalue weighted by atomic mass is 10.1. The van der Waals surface area contributed by atoms with Gasteiger partial charge in [-0.05, 0) is 37.6 Å². The summed E-state index contributed by atoms with van der Waals surface area (Å²) in [4.78, 5) is 6.99. The van der Waals surface area contributed by atoms with Crippen molar-refractivity contribution in [3.63, 3.8) is 0 Å². The van der Waals surface area contributed by atoms with E-state index in [1.165, 1.54) is 11.3 Å². The summed E-state index contributed by atoms with van der Waals surface area (Å²) in [7, 11) is 0. The number of anilines is 2. The molecule has 0 radical (unpaired) electrons. The Morgan fingerprint density at radius 3 is 2.53 bits per heavy atom. The van der Waals surface area contributed by atoms with Gasteiger partial charge in [-0.3, -0.25) is 0 Å². The predicted octanol–water partition coefficient (Wildman–Crippen LogP) is 3.18. The maximum atomic E-state index is 5.59. The first kappa shape index (κ1) is 13.5. The summed E-state index contributed by atoms with van der Waals surface area (Å²) < 4.78 is 0. The summed E-state index contributed by atoms with van der Waals surface area (Å²) in [6, 6.07) is 12.1. The average Bonchev–Trinajstić information content (AvgIpc) is 2.42. The van der Waals surface area contributed by atoms with Gasteiger partial charge in [0.15, 0.2) is 0 Å². The molecule has 0 aliphatic rings. The molecule has 2 N–H and O–H groups in total. The summed E-state index contributed by atoms with van der Waals surface area (Å²) in [6.45, 7) is 5.06. The smallest absolute Gasteiger partial charge is 0.132 e. The van der Waals surface area contributed by atoms with Crippen molar-refractivity contribution in [2.75, 3.05) is 11.4 Å². The summed E-state index contributed by atoms with van der Waals surface area (Å²) >= 11 is 4.94. The number of aryl methyl sites for hydroxylation is 1. The van der Waals surface area contributed by atoms with Gasteiger partial charge in [0.25, 0.3) is 0 Å². The van der Waals surface area contributed by atoms with E-state index in [1.807, 2.05) is 24.3 Å². The van der Waals surface area contributed by atoms with Crippen LogP contribution < -0.4 is 10.6 Å². The Hall–Kier alpha value is -1.94. The van der Waals surface area contributed by atoms with Crippen LogP contribution in [0.15, 0.2) is 42.6 Å².